The molecule has 174 valence electrons. The van der Waals surface area contributed by atoms with Crippen molar-refractivity contribution < 1.29 is 28.9 Å². The molecule has 0 fully saturated rings. The first-order valence-corrected chi connectivity index (χ1v) is 10.5. The molecular weight excluding hydrogens is 412 g/mol. The van der Waals surface area contributed by atoms with Crippen molar-refractivity contribution >= 4 is 17.4 Å². The molecule has 0 saturated heterocycles. The Morgan fingerprint density at radius 1 is 1.06 bits per heavy atom. The molecule has 2 aromatic rings. The second-order valence-electron chi connectivity index (χ2n) is 7.37. The molecule has 2 N–H and O–H groups in total. The van der Waals surface area contributed by atoms with Gasteiger partial charge < -0.3 is 24.6 Å². The number of methoxy groups -OCH3 is 2. The molecule has 2 aromatic carbocycles. The van der Waals surface area contributed by atoms with E-state index in [1.165, 1.54) is 14.0 Å². The van der Waals surface area contributed by atoms with Gasteiger partial charge >= 0.3 is 0 Å². The number of Topliss-reactive ketones (excluding diaryl/α,β-unsaturated/α-hetero) is 1. The first kappa shape index (κ1) is 25.2. The summed E-state index contributed by atoms with van der Waals surface area (Å²) in [6.45, 7) is 4.54. The van der Waals surface area contributed by atoms with Gasteiger partial charge in [-0.15, -0.1) is 0 Å². The van der Waals surface area contributed by atoms with Gasteiger partial charge in [-0.3, -0.25) is 14.5 Å². The Morgan fingerprint density at radius 3 is 2.44 bits per heavy atom. The van der Waals surface area contributed by atoms with Gasteiger partial charge in [0, 0.05) is 12.1 Å². The minimum atomic E-state index is -0.821. The number of aliphatic hydroxyl groups excluding tert-OH is 1. The highest BCUT2D eigenvalue weighted by Crippen LogP contribution is 2.28. The Morgan fingerprint density at radius 2 is 1.78 bits per heavy atom. The summed E-state index contributed by atoms with van der Waals surface area (Å²) in [5.74, 6) is 1.18. The standard InChI is InChI=1S/C24H32N2O6/c1-5-12-26(15-24(29)25-20-8-6-7-9-21(20)30-3)14-19(28)16-32-22-11-10-18(17(2)27)13-23(22)31-4/h6-11,13,19,28H,5,12,14-16H2,1-4H3,(H,25,29). The van der Waals surface area contributed by atoms with Crippen LogP contribution in [0.4, 0.5) is 5.69 Å². The summed E-state index contributed by atoms with van der Waals surface area (Å²) in [6.07, 6.45) is 0.00773. The highest BCUT2D eigenvalue weighted by Gasteiger charge is 2.17. The maximum Gasteiger partial charge on any atom is 0.238 e. The molecule has 8 nitrogen and oxygen atoms in total. The summed E-state index contributed by atoms with van der Waals surface area (Å²) in [6, 6.07) is 12.1. The maximum atomic E-state index is 12.5. The topological polar surface area (TPSA) is 97.3 Å². The molecule has 0 aromatic heterocycles. The third kappa shape index (κ3) is 7.55. The molecule has 0 spiro atoms. The van der Waals surface area contributed by atoms with Crippen LogP contribution in [0.25, 0.3) is 0 Å². The van der Waals surface area contributed by atoms with Crippen LogP contribution in [0.2, 0.25) is 0 Å². The lowest BCUT2D eigenvalue weighted by atomic mass is 10.1. The van der Waals surface area contributed by atoms with E-state index in [0.29, 0.717) is 35.0 Å². The van der Waals surface area contributed by atoms with Gasteiger partial charge in [-0.1, -0.05) is 19.1 Å². The first-order chi connectivity index (χ1) is 15.4. The Kier molecular flexibility index (Phi) is 9.97. The minimum absolute atomic E-state index is 0.0180. The van der Waals surface area contributed by atoms with Crippen molar-refractivity contribution in [1.82, 2.24) is 4.90 Å². The van der Waals surface area contributed by atoms with Crippen LogP contribution < -0.4 is 19.5 Å². The van der Waals surface area contributed by atoms with Crippen molar-refractivity contribution in [2.45, 2.75) is 26.4 Å². The number of carbonyl (C=O) groups excluding carboxylic acids is 2. The van der Waals surface area contributed by atoms with Gasteiger partial charge in [0.1, 0.15) is 18.5 Å². The van der Waals surface area contributed by atoms with Gasteiger partial charge in [0.15, 0.2) is 17.3 Å². The molecule has 1 amide bonds. The number of hydrogen-bond donors (Lipinski definition) is 2. The van der Waals surface area contributed by atoms with Gasteiger partial charge in [0.05, 0.1) is 26.5 Å². The van der Waals surface area contributed by atoms with Crippen LogP contribution in [0.5, 0.6) is 17.2 Å². The summed E-state index contributed by atoms with van der Waals surface area (Å²) in [4.78, 5) is 25.9. The SMILES string of the molecule is CCCN(CC(=O)Nc1ccccc1OC)CC(O)COc1ccc(C(C)=O)cc1OC. The number of benzene rings is 2. The van der Waals surface area contributed by atoms with E-state index in [0.717, 1.165) is 6.42 Å². The smallest absolute Gasteiger partial charge is 0.238 e. The summed E-state index contributed by atoms with van der Waals surface area (Å²) < 4.78 is 16.3. The largest absolute Gasteiger partial charge is 0.495 e. The van der Waals surface area contributed by atoms with Gasteiger partial charge in [-0.25, -0.2) is 0 Å². The normalized spacial score (nSPS) is 11.7. The number of rotatable bonds is 13. The Labute approximate surface area is 189 Å². The van der Waals surface area contributed by atoms with Crippen LogP contribution in [-0.4, -0.2) is 68.3 Å². The molecule has 0 bridgehead atoms. The van der Waals surface area contributed by atoms with Crippen molar-refractivity contribution in [1.29, 1.82) is 0 Å². The zero-order valence-electron chi connectivity index (χ0n) is 19.1. The fourth-order valence-electron chi connectivity index (χ4n) is 3.23. The van der Waals surface area contributed by atoms with E-state index in [2.05, 4.69) is 5.32 Å². The number of nitrogens with one attached hydrogen (secondary N) is 1. The highest BCUT2D eigenvalue weighted by molar-refractivity contribution is 5.94. The molecule has 32 heavy (non-hydrogen) atoms. The monoisotopic (exact) mass is 444 g/mol. The lowest BCUT2D eigenvalue weighted by Crippen LogP contribution is -2.40. The predicted octanol–water partition coefficient (Wildman–Crippen LogP) is 3.00. The predicted molar refractivity (Wildman–Crippen MR) is 123 cm³/mol. The zero-order valence-corrected chi connectivity index (χ0v) is 19.1. The number of carbonyl (C=O) groups is 2. The van der Waals surface area contributed by atoms with Crippen molar-refractivity contribution in [2.75, 3.05) is 45.8 Å². The molecule has 2 rings (SSSR count). The van der Waals surface area contributed by atoms with Crippen LogP contribution in [0.3, 0.4) is 0 Å². The maximum absolute atomic E-state index is 12.5. The number of aliphatic hydroxyl groups is 1. The van der Waals surface area contributed by atoms with E-state index in [-0.39, 0.29) is 31.4 Å². The number of nitrogens with zero attached hydrogens (tertiary/aromatic N) is 1. The quantitative estimate of drug-likeness (QED) is 0.459. The Bertz CT molecular complexity index is 902. The summed E-state index contributed by atoms with van der Waals surface area (Å²) >= 11 is 0. The van der Waals surface area contributed by atoms with Crippen molar-refractivity contribution in [3.05, 3.63) is 48.0 Å². The van der Waals surface area contributed by atoms with E-state index >= 15 is 0 Å². The summed E-state index contributed by atoms with van der Waals surface area (Å²) in [5.41, 5.74) is 1.12. The average Bonchev–Trinajstić information content (AvgIpc) is 2.77. The molecule has 0 aliphatic heterocycles. The Hall–Kier alpha value is -3.10. The van der Waals surface area contributed by atoms with Crippen LogP contribution in [0.1, 0.15) is 30.6 Å². The first-order valence-electron chi connectivity index (χ1n) is 10.5. The van der Waals surface area contributed by atoms with Gasteiger partial charge in [0.2, 0.25) is 5.91 Å². The van der Waals surface area contributed by atoms with Crippen LogP contribution >= 0.6 is 0 Å². The fraction of sp³-hybridized carbons (Fsp3) is 0.417. The molecule has 1 atom stereocenters. The number of amides is 1. The average molecular weight is 445 g/mol. The highest BCUT2D eigenvalue weighted by atomic mass is 16.5. The lowest BCUT2D eigenvalue weighted by Gasteiger charge is -2.24. The molecule has 0 heterocycles. The molecule has 1 unspecified atom stereocenters. The van der Waals surface area contributed by atoms with Crippen LogP contribution in [-0.2, 0) is 4.79 Å². The molecule has 0 aliphatic carbocycles. The van der Waals surface area contributed by atoms with E-state index in [1.807, 2.05) is 24.0 Å². The van der Waals surface area contributed by atoms with Crippen molar-refractivity contribution in [3.8, 4) is 17.2 Å². The van der Waals surface area contributed by atoms with E-state index in [1.54, 1.807) is 37.4 Å². The lowest BCUT2D eigenvalue weighted by molar-refractivity contribution is -0.117. The Balaban J connectivity index is 1.93. The molecule has 0 radical (unpaired) electrons. The van der Waals surface area contributed by atoms with Crippen molar-refractivity contribution in [2.24, 2.45) is 0 Å². The number of ketones is 1. The second kappa shape index (κ2) is 12.7. The third-order valence-corrected chi connectivity index (χ3v) is 4.76. The number of anilines is 1. The second-order valence-corrected chi connectivity index (χ2v) is 7.37. The minimum Gasteiger partial charge on any atom is -0.495 e. The molecule has 0 saturated carbocycles. The summed E-state index contributed by atoms with van der Waals surface area (Å²) in [7, 11) is 3.04. The fourth-order valence-corrected chi connectivity index (χ4v) is 3.23. The molecular formula is C24H32N2O6. The number of hydrogen-bond acceptors (Lipinski definition) is 7. The molecule has 0 aliphatic rings. The van der Waals surface area contributed by atoms with E-state index in [4.69, 9.17) is 14.2 Å². The number of para-hydroxylation sites is 2. The van der Waals surface area contributed by atoms with Gasteiger partial charge in [-0.05, 0) is 50.2 Å². The van der Waals surface area contributed by atoms with Crippen molar-refractivity contribution in [3.63, 3.8) is 0 Å². The van der Waals surface area contributed by atoms with Gasteiger partial charge in [0.25, 0.3) is 0 Å². The van der Waals surface area contributed by atoms with Crippen LogP contribution in [0, 0.1) is 0 Å². The van der Waals surface area contributed by atoms with Crippen LogP contribution in [0.15, 0.2) is 42.5 Å². The summed E-state index contributed by atoms with van der Waals surface area (Å²) in [5, 5.41) is 13.3. The third-order valence-electron chi connectivity index (χ3n) is 4.76. The van der Waals surface area contributed by atoms with E-state index < -0.39 is 6.10 Å². The zero-order chi connectivity index (χ0) is 23.5. The van der Waals surface area contributed by atoms with E-state index in [9.17, 15) is 14.7 Å². The number of ether oxygens (including phenoxy) is 3. The molecule has 8 heteroatoms. The van der Waals surface area contributed by atoms with Gasteiger partial charge in [-0.2, -0.15) is 0 Å².